The van der Waals surface area contributed by atoms with E-state index in [0.717, 1.165) is 33.1 Å². The summed E-state index contributed by atoms with van der Waals surface area (Å²) >= 11 is 0. The lowest BCUT2D eigenvalue weighted by Crippen LogP contribution is -2.26. The van der Waals surface area contributed by atoms with E-state index in [0.29, 0.717) is 43.0 Å². The van der Waals surface area contributed by atoms with Crippen molar-refractivity contribution >= 4 is 33.7 Å². The maximum absolute atomic E-state index is 14.1. The van der Waals surface area contributed by atoms with Gasteiger partial charge in [-0.2, -0.15) is 0 Å². The summed E-state index contributed by atoms with van der Waals surface area (Å²) < 4.78 is 19.7. The molecular formula is C25H26FN3O4. The van der Waals surface area contributed by atoms with Gasteiger partial charge in [0.1, 0.15) is 17.3 Å². The number of carbonyl (C=O) groups excluding carboxylic acids is 1. The van der Waals surface area contributed by atoms with Crippen molar-refractivity contribution in [2.24, 2.45) is 0 Å². The highest BCUT2D eigenvalue weighted by atomic mass is 19.1. The molecule has 0 aliphatic carbocycles. The van der Waals surface area contributed by atoms with Gasteiger partial charge in [-0.15, -0.1) is 0 Å². The molecule has 0 unspecified atom stereocenters. The van der Waals surface area contributed by atoms with E-state index in [4.69, 9.17) is 9.84 Å². The van der Waals surface area contributed by atoms with Crippen LogP contribution in [0.15, 0.2) is 36.4 Å². The van der Waals surface area contributed by atoms with Crippen LogP contribution in [0, 0.1) is 19.7 Å². The second-order valence-corrected chi connectivity index (χ2v) is 8.13. The lowest BCUT2D eigenvalue weighted by Gasteiger charge is -2.06. The average molecular weight is 451 g/mol. The molecule has 4 aromatic rings. The van der Waals surface area contributed by atoms with Gasteiger partial charge in [0.25, 0.3) is 5.91 Å². The van der Waals surface area contributed by atoms with Gasteiger partial charge < -0.3 is 25.1 Å². The van der Waals surface area contributed by atoms with Crippen LogP contribution >= 0.6 is 0 Å². The van der Waals surface area contributed by atoms with E-state index in [2.05, 4.69) is 15.3 Å². The Labute approximate surface area is 190 Å². The number of amides is 1. The van der Waals surface area contributed by atoms with Gasteiger partial charge in [0, 0.05) is 41.0 Å². The predicted octanol–water partition coefficient (Wildman–Crippen LogP) is 4.62. The molecule has 0 bridgehead atoms. The number of halogens is 1. The fourth-order valence-electron chi connectivity index (χ4n) is 4.08. The maximum Gasteiger partial charge on any atom is 0.303 e. The first-order chi connectivity index (χ1) is 15.8. The molecule has 7 nitrogen and oxygen atoms in total. The number of ether oxygens (including phenoxy) is 1. The Bertz CT molecular complexity index is 1340. The zero-order chi connectivity index (χ0) is 23.5. The van der Waals surface area contributed by atoms with Gasteiger partial charge in [-0.1, -0.05) is 6.07 Å². The van der Waals surface area contributed by atoms with Crippen molar-refractivity contribution in [1.29, 1.82) is 0 Å². The van der Waals surface area contributed by atoms with Crippen molar-refractivity contribution in [1.82, 2.24) is 15.3 Å². The van der Waals surface area contributed by atoms with Gasteiger partial charge in [0.05, 0.1) is 12.1 Å². The summed E-state index contributed by atoms with van der Waals surface area (Å²) in [5.74, 6) is -0.747. The number of hydrogen-bond donors (Lipinski definition) is 4. The van der Waals surface area contributed by atoms with Crippen LogP contribution in [0.2, 0.25) is 0 Å². The number of H-pyrrole nitrogens is 2. The first-order valence-electron chi connectivity index (χ1n) is 10.9. The van der Waals surface area contributed by atoms with Crippen LogP contribution in [0.25, 0.3) is 21.8 Å². The summed E-state index contributed by atoms with van der Waals surface area (Å²) in [5.41, 5.74) is 4.59. The molecule has 172 valence electrons. The maximum atomic E-state index is 14.1. The normalized spacial score (nSPS) is 11.2. The van der Waals surface area contributed by atoms with Gasteiger partial charge in [-0.25, -0.2) is 4.39 Å². The molecule has 33 heavy (non-hydrogen) atoms. The third-order valence-electron chi connectivity index (χ3n) is 5.73. The summed E-state index contributed by atoms with van der Waals surface area (Å²) in [6, 6.07) is 10.4. The van der Waals surface area contributed by atoms with Crippen molar-refractivity contribution < 1.29 is 23.8 Å². The summed E-state index contributed by atoms with van der Waals surface area (Å²) in [4.78, 5) is 29.5. The van der Waals surface area contributed by atoms with Gasteiger partial charge in [0.15, 0.2) is 0 Å². The minimum atomic E-state index is -0.851. The van der Waals surface area contributed by atoms with Crippen molar-refractivity contribution in [3.8, 4) is 5.75 Å². The van der Waals surface area contributed by atoms with Gasteiger partial charge in [-0.3, -0.25) is 9.59 Å². The third kappa shape index (κ3) is 4.84. The van der Waals surface area contributed by atoms with Crippen LogP contribution in [0.3, 0.4) is 0 Å². The first kappa shape index (κ1) is 22.4. The smallest absolute Gasteiger partial charge is 0.303 e. The standard InChI is InChI=1S/C25H26FN3O4/c1-14-5-8-19(26)24-23(14)18(15(2)28-24)9-10-27-25(32)21-12-16-6-7-17(13-20(16)29-21)33-11-3-4-22(30)31/h5-8,12-13,28-29H,3-4,9-11H2,1-2H3,(H,27,32)(H,30,31). The van der Waals surface area contributed by atoms with E-state index in [1.165, 1.54) is 6.07 Å². The zero-order valence-electron chi connectivity index (χ0n) is 18.5. The van der Waals surface area contributed by atoms with Crippen LogP contribution in [-0.4, -0.2) is 40.1 Å². The molecule has 0 radical (unpaired) electrons. The quantitative estimate of drug-likeness (QED) is 0.279. The fourth-order valence-corrected chi connectivity index (χ4v) is 4.08. The second-order valence-electron chi connectivity index (χ2n) is 8.13. The molecule has 8 heteroatoms. The van der Waals surface area contributed by atoms with E-state index in [-0.39, 0.29) is 18.1 Å². The Hall–Kier alpha value is -3.81. The molecule has 2 aromatic carbocycles. The molecule has 2 heterocycles. The molecule has 0 spiro atoms. The second kappa shape index (κ2) is 9.36. The number of aromatic amines is 2. The van der Waals surface area contributed by atoms with E-state index in [9.17, 15) is 14.0 Å². The molecule has 0 saturated heterocycles. The Kier molecular flexibility index (Phi) is 6.35. The molecule has 2 aromatic heterocycles. The number of aryl methyl sites for hydroxylation is 2. The average Bonchev–Trinajstić information content (AvgIpc) is 3.35. The monoisotopic (exact) mass is 451 g/mol. The molecule has 4 rings (SSSR count). The molecule has 0 aliphatic rings. The summed E-state index contributed by atoms with van der Waals surface area (Å²) in [7, 11) is 0. The van der Waals surface area contributed by atoms with Crippen molar-refractivity contribution in [2.45, 2.75) is 33.1 Å². The Morgan fingerprint density at radius 2 is 1.94 bits per heavy atom. The van der Waals surface area contributed by atoms with E-state index in [1.54, 1.807) is 24.3 Å². The Morgan fingerprint density at radius 1 is 1.12 bits per heavy atom. The molecule has 0 aliphatic heterocycles. The third-order valence-corrected chi connectivity index (χ3v) is 5.73. The van der Waals surface area contributed by atoms with Gasteiger partial charge in [0.2, 0.25) is 0 Å². The molecule has 0 saturated carbocycles. The van der Waals surface area contributed by atoms with Crippen LogP contribution in [0.4, 0.5) is 4.39 Å². The van der Waals surface area contributed by atoms with Crippen molar-refractivity contribution in [2.75, 3.05) is 13.2 Å². The number of hydrogen-bond acceptors (Lipinski definition) is 3. The zero-order valence-corrected chi connectivity index (χ0v) is 18.5. The van der Waals surface area contributed by atoms with Crippen LogP contribution < -0.4 is 10.1 Å². The van der Waals surface area contributed by atoms with Crippen LogP contribution in [0.5, 0.6) is 5.75 Å². The highest BCUT2D eigenvalue weighted by molar-refractivity contribution is 5.98. The van der Waals surface area contributed by atoms with Crippen molar-refractivity contribution in [3.05, 3.63) is 64.7 Å². The minimum absolute atomic E-state index is 0.0572. The molecule has 4 N–H and O–H groups in total. The molecule has 0 fully saturated rings. The molecule has 1 amide bonds. The summed E-state index contributed by atoms with van der Waals surface area (Å²) in [6.07, 6.45) is 1.06. The van der Waals surface area contributed by atoms with Gasteiger partial charge >= 0.3 is 5.97 Å². The Balaban J connectivity index is 1.39. The number of benzene rings is 2. The number of fused-ring (bicyclic) bond motifs is 2. The van der Waals surface area contributed by atoms with Gasteiger partial charge in [-0.05, 0) is 62.1 Å². The summed E-state index contributed by atoms with van der Waals surface area (Å²) in [6.45, 7) is 4.58. The molecule has 0 atom stereocenters. The number of carboxylic acids is 1. The molecular weight excluding hydrogens is 425 g/mol. The number of carbonyl (C=O) groups is 2. The number of aliphatic carboxylic acids is 1. The highest BCUT2D eigenvalue weighted by Gasteiger charge is 2.15. The van der Waals surface area contributed by atoms with E-state index in [1.807, 2.05) is 19.9 Å². The summed E-state index contributed by atoms with van der Waals surface area (Å²) in [5, 5.41) is 13.4. The number of carboxylic acid groups (broad SMARTS) is 1. The minimum Gasteiger partial charge on any atom is -0.494 e. The number of aromatic nitrogens is 2. The number of nitrogens with one attached hydrogen (secondary N) is 3. The predicted molar refractivity (Wildman–Crippen MR) is 124 cm³/mol. The largest absolute Gasteiger partial charge is 0.494 e. The topological polar surface area (TPSA) is 107 Å². The lowest BCUT2D eigenvalue weighted by atomic mass is 10.0. The van der Waals surface area contributed by atoms with Crippen LogP contribution in [0.1, 0.15) is 40.2 Å². The van der Waals surface area contributed by atoms with E-state index < -0.39 is 5.97 Å². The lowest BCUT2D eigenvalue weighted by molar-refractivity contribution is -0.137. The van der Waals surface area contributed by atoms with Crippen molar-refractivity contribution in [3.63, 3.8) is 0 Å². The van der Waals surface area contributed by atoms with E-state index >= 15 is 0 Å². The highest BCUT2D eigenvalue weighted by Crippen LogP contribution is 2.28. The fraction of sp³-hybridized carbons (Fsp3) is 0.280. The SMILES string of the molecule is Cc1[nH]c2c(F)ccc(C)c2c1CCNC(=O)c1cc2ccc(OCCCC(=O)O)cc2[nH]1. The number of rotatable bonds is 9. The van der Waals surface area contributed by atoms with Crippen LogP contribution in [-0.2, 0) is 11.2 Å². The Morgan fingerprint density at radius 3 is 2.73 bits per heavy atom. The first-order valence-corrected chi connectivity index (χ1v) is 10.9.